The summed E-state index contributed by atoms with van der Waals surface area (Å²) < 4.78 is 11.2. The smallest absolute Gasteiger partial charge is 0.199 e. The Kier molecular flexibility index (Phi) is 4.88. The number of aromatic nitrogens is 3. The molecule has 5 rings (SSSR count). The second kappa shape index (κ2) is 7.52. The molecule has 2 saturated carbocycles. The zero-order valence-electron chi connectivity index (χ0n) is 16.6. The molecule has 6 nitrogen and oxygen atoms in total. The minimum Gasteiger partial charge on any atom is -0.492 e. The Hall–Kier alpha value is -1.86. The highest BCUT2D eigenvalue weighted by molar-refractivity contribution is 7.71. The molecule has 0 spiro atoms. The number of ether oxygens (including phenoxy) is 1. The van der Waals surface area contributed by atoms with E-state index in [0.29, 0.717) is 18.6 Å². The number of hydrogen-bond donors (Lipinski definition) is 0. The van der Waals surface area contributed by atoms with Gasteiger partial charge in [0, 0.05) is 38.1 Å². The van der Waals surface area contributed by atoms with Gasteiger partial charge in [0.1, 0.15) is 11.6 Å². The molecule has 0 unspecified atom stereocenters. The first-order valence-corrected chi connectivity index (χ1v) is 11.0. The Morgan fingerprint density at radius 2 is 1.82 bits per heavy atom. The number of nitrogens with zero attached hydrogens (tertiary/aromatic N) is 5. The van der Waals surface area contributed by atoms with Gasteiger partial charge in [-0.2, -0.15) is 5.10 Å². The van der Waals surface area contributed by atoms with Crippen LogP contribution in [0.2, 0.25) is 0 Å². The molecule has 3 aliphatic rings. The Labute approximate surface area is 171 Å². The van der Waals surface area contributed by atoms with Crippen molar-refractivity contribution in [3.8, 4) is 5.75 Å². The summed E-state index contributed by atoms with van der Waals surface area (Å²) in [5.41, 5.74) is 1.20. The van der Waals surface area contributed by atoms with Crippen molar-refractivity contribution in [3.05, 3.63) is 34.9 Å². The summed E-state index contributed by atoms with van der Waals surface area (Å²) in [6.45, 7) is 7.55. The summed E-state index contributed by atoms with van der Waals surface area (Å²) >= 11 is 5.80. The maximum absolute atomic E-state index is 5.82. The fraction of sp³-hybridized carbons (Fsp3) is 0.619. The van der Waals surface area contributed by atoms with E-state index < -0.39 is 0 Å². The van der Waals surface area contributed by atoms with Crippen LogP contribution in [-0.2, 0) is 6.67 Å². The first-order chi connectivity index (χ1) is 13.7. The van der Waals surface area contributed by atoms with Gasteiger partial charge in [-0.15, -0.1) is 0 Å². The van der Waals surface area contributed by atoms with Gasteiger partial charge in [0.15, 0.2) is 4.77 Å². The van der Waals surface area contributed by atoms with Gasteiger partial charge in [-0.05, 0) is 57.0 Å². The van der Waals surface area contributed by atoms with Crippen LogP contribution in [-0.4, -0.2) is 52.0 Å². The monoisotopic (exact) mass is 399 g/mol. The van der Waals surface area contributed by atoms with Crippen molar-refractivity contribution in [3.63, 3.8) is 0 Å². The van der Waals surface area contributed by atoms with Gasteiger partial charge in [-0.1, -0.05) is 12.1 Å². The minimum atomic E-state index is 0.615. The zero-order chi connectivity index (χ0) is 19.1. The summed E-state index contributed by atoms with van der Waals surface area (Å²) in [6, 6.07) is 8.97. The minimum absolute atomic E-state index is 0.615. The quantitative estimate of drug-likeness (QED) is 0.662. The van der Waals surface area contributed by atoms with Crippen LogP contribution in [0.1, 0.15) is 50.4 Å². The van der Waals surface area contributed by atoms with Crippen LogP contribution < -0.4 is 9.64 Å². The number of para-hydroxylation sites is 2. The van der Waals surface area contributed by atoms with E-state index >= 15 is 0 Å². The molecule has 7 heteroatoms. The molecule has 150 valence electrons. The predicted octanol–water partition coefficient (Wildman–Crippen LogP) is 3.80. The lowest BCUT2D eigenvalue weighted by molar-refractivity contribution is 0.193. The summed E-state index contributed by atoms with van der Waals surface area (Å²) in [7, 11) is 0. The molecule has 2 heterocycles. The summed E-state index contributed by atoms with van der Waals surface area (Å²) in [4.78, 5) is 4.90. The number of anilines is 1. The van der Waals surface area contributed by atoms with Gasteiger partial charge in [0.05, 0.1) is 19.0 Å². The number of rotatable bonds is 7. The Bertz CT molecular complexity index is 890. The first kappa shape index (κ1) is 18.2. The van der Waals surface area contributed by atoms with Crippen molar-refractivity contribution < 1.29 is 4.74 Å². The molecule has 1 saturated heterocycles. The first-order valence-electron chi connectivity index (χ1n) is 10.6. The van der Waals surface area contributed by atoms with Gasteiger partial charge in [-0.25, -0.2) is 4.68 Å². The van der Waals surface area contributed by atoms with Gasteiger partial charge in [0.25, 0.3) is 0 Å². The van der Waals surface area contributed by atoms with Gasteiger partial charge in [-0.3, -0.25) is 4.90 Å². The van der Waals surface area contributed by atoms with Crippen LogP contribution in [0, 0.1) is 4.77 Å². The molecule has 0 amide bonds. The molecule has 0 radical (unpaired) electrons. The van der Waals surface area contributed by atoms with Gasteiger partial charge in [0.2, 0.25) is 0 Å². The van der Waals surface area contributed by atoms with Crippen molar-refractivity contribution in [1.82, 2.24) is 19.2 Å². The maximum atomic E-state index is 5.82. The molecular formula is C21H29N5OS. The molecule has 0 bridgehead atoms. The SMILES string of the molecule is CCOc1ccccc1N1CCN(Cn2nc(C3CC3)n(C3CC3)c2=S)CC1. The second-order valence-corrected chi connectivity index (χ2v) is 8.53. The third-order valence-electron chi connectivity index (χ3n) is 5.96. The van der Waals surface area contributed by atoms with E-state index in [9.17, 15) is 0 Å². The van der Waals surface area contributed by atoms with E-state index in [-0.39, 0.29) is 0 Å². The Balaban J connectivity index is 1.26. The van der Waals surface area contributed by atoms with E-state index in [1.165, 1.54) is 37.2 Å². The molecule has 1 aromatic carbocycles. The van der Waals surface area contributed by atoms with Crippen LogP contribution in [0.5, 0.6) is 5.75 Å². The van der Waals surface area contributed by atoms with Crippen molar-refractivity contribution in [2.75, 3.05) is 37.7 Å². The second-order valence-electron chi connectivity index (χ2n) is 8.16. The molecule has 0 atom stereocenters. The number of piperazine rings is 1. The molecular weight excluding hydrogens is 370 g/mol. The van der Waals surface area contributed by atoms with E-state index in [0.717, 1.165) is 43.4 Å². The van der Waals surface area contributed by atoms with Crippen LogP contribution in [0.25, 0.3) is 0 Å². The Morgan fingerprint density at radius 1 is 1.07 bits per heavy atom. The molecule has 2 aliphatic carbocycles. The van der Waals surface area contributed by atoms with Gasteiger partial charge < -0.3 is 14.2 Å². The fourth-order valence-corrected chi connectivity index (χ4v) is 4.48. The lowest BCUT2D eigenvalue weighted by Crippen LogP contribution is -2.47. The highest BCUT2D eigenvalue weighted by atomic mass is 32.1. The fourth-order valence-electron chi connectivity index (χ4n) is 4.14. The average Bonchev–Trinajstić information content (AvgIpc) is 3.63. The summed E-state index contributed by atoms with van der Waals surface area (Å²) in [6.07, 6.45) is 5.07. The molecule has 1 aliphatic heterocycles. The predicted molar refractivity (Wildman–Crippen MR) is 113 cm³/mol. The van der Waals surface area contributed by atoms with Crippen LogP contribution in [0.3, 0.4) is 0 Å². The van der Waals surface area contributed by atoms with E-state index in [2.05, 4.69) is 37.2 Å². The van der Waals surface area contributed by atoms with Crippen molar-refractivity contribution in [2.45, 2.75) is 51.2 Å². The van der Waals surface area contributed by atoms with Crippen LogP contribution >= 0.6 is 12.2 Å². The lowest BCUT2D eigenvalue weighted by Gasteiger charge is -2.36. The highest BCUT2D eigenvalue weighted by Crippen LogP contribution is 2.44. The van der Waals surface area contributed by atoms with E-state index in [1.54, 1.807) is 0 Å². The van der Waals surface area contributed by atoms with Gasteiger partial charge >= 0.3 is 0 Å². The van der Waals surface area contributed by atoms with Crippen molar-refractivity contribution in [1.29, 1.82) is 0 Å². The number of hydrogen-bond acceptors (Lipinski definition) is 5. The third kappa shape index (κ3) is 3.57. The molecule has 1 aromatic heterocycles. The Morgan fingerprint density at radius 3 is 2.50 bits per heavy atom. The van der Waals surface area contributed by atoms with Crippen LogP contribution in [0.15, 0.2) is 24.3 Å². The summed E-state index contributed by atoms with van der Waals surface area (Å²) in [5, 5.41) is 4.94. The third-order valence-corrected chi connectivity index (χ3v) is 6.37. The van der Waals surface area contributed by atoms with E-state index in [4.69, 9.17) is 22.1 Å². The van der Waals surface area contributed by atoms with E-state index in [1.807, 2.05) is 13.0 Å². The highest BCUT2D eigenvalue weighted by Gasteiger charge is 2.36. The molecule has 3 fully saturated rings. The standard InChI is InChI=1S/C21H29N5OS/c1-2-27-19-6-4-3-5-18(19)24-13-11-23(12-14-24)15-25-21(28)26(17-9-10-17)20(22-25)16-7-8-16/h3-6,16-17H,2,7-15H2,1H3. The lowest BCUT2D eigenvalue weighted by atomic mass is 10.2. The van der Waals surface area contributed by atoms with Crippen LogP contribution in [0.4, 0.5) is 5.69 Å². The molecule has 0 N–H and O–H groups in total. The molecule has 2 aromatic rings. The maximum Gasteiger partial charge on any atom is 0.199 e. The topological polar surface area (TPSA) is 38.5 Å². The largest absolute Gasteiger partial charge is 0.492 e. The van der Waals surface area contributed by atoms with Crippen molar-refractivity contribution in [2.24, 2.45) is 0 Å². The average molecular weight is 400 g/mol. The number of benzene rings is 1. The molecule has 28 heavy (non-hydrogen) atoms. The summed E-state index contributed by atoms with van der Waals surface area (Å²) in [5.74, 6) is 2.88. The van der Waals surface area contributed by atoms with Crippen molar-refractivity contribution >= 4 is 17.9 Å². The normalized spacial score (nSPS) is 20.5. The zero-order valence-corrected chi connectivity index (χ0v) is 17.4.